The first-order valence-electron chi connectivity index (χ1n) is 8.10. The van der Waals surface area contributed by atoms with Gasteiger partial charge in [-0.15, -0.1) is 0 Å². The molecule has 1 N–H and O–H groups in total. The van der Waals surface area contributed by atoms with Gasteiger partial charge in [0.2, 0.25) is 11.8 Å². The lowest BCUT2D eigenvalue weighted by molar-refractivity contribution is -0.122. The molecule has 1 aliphatic heterocycles. The highest BCUT2D eigenvalue weighted by atomic mass is 19.2. The Labute approximate surface area is 148 Å². The smallest absolute Gasteiger partial charge is 0.229 e. The molecule has 26 heavy (non-hydrogen) atoms. The molecule has 0 spiro atoms. The summed E-state index contributed by atoms with van der Waals surface area (Å²) in [6.07, 6.45) is -0.130. The fourth-order valence-corrected chi connectivity index (χ4v) is 3.03. The molecule has 7 heteroatoms. The molecule has 3 rings (SSSR count). The van der Waals surface area contributed by atoms with Crippen LogP contribution in [0.2, 0.25) is 0 Å². The minimum absolute atomic E-state index is 0.0996. The number of hydrogen-bond acceptors (Lipinski definition) is 2. The van der Waals surface area contributed by atoms with E-state index in [0.717, 1.165) is 28.2 Å². The number of amides is 2. The predicted molar refractivity (Wildman–Crippen MR) is 91.3 cm³/mol. The Morgan fingerprint density at radius 3 is 2.54 bits per heavy atom. The van der Waals surface area contributed by atoms with Crippen molar-refractivity contribution in [3.63, 3.8) is 0 Å². The highest BCUT2D eigenvalue weighted by molar-refractivity contribution is 6.03. The minimum Gasteiger partial charge on any atom is -0.326 e. The first kappa shape index (κ1) is 18.0. The van der Waals surface area contributed by atoms with Crippen LogP contribution in [0.4, 0.5) is 24.5 Å². The molecule has 2 aromatic carbocycles. The van der Waals surface area contributed by atoms with Gasteiger partial charge in [-0.2, -0.15) is 0 Å². The Morgan fingerprint density at radius 1 is 1.12 bits per heavy atom. The Kier molecular flexibility index (Phi) is 4.71. The number of nitrogens with one attached hydrogen (secondary N) is 1. The van der Waals surface area contributed by atoms with E-state index in [9.17, 15) is 22.8 Å². The van der Waals surface area contributed by atoms with Crippen molar-refractivity contribution in [1.29, 1.82) is 0 Å². The lowest BCUT2D eigenvalue weighted by Crippen LogP contribution is -2.29. The number of carbonyl (C=O) groups is 2. The number of anilines is 2. The Balaban J connectivity index is 1.77. The normalized spacial score (nSPS) is 16.9. The Hall–Kier alpha value is -2.83. The van der Waals surface area contributed by atoms with E-state index in [-0.39, 0.29) is 24.6 Å². The van der Waals surface area contributed by atoms with Crippen molar-refractivity contribution in [3.05, 3.63) is 58.9 Å². The van der Waals surface area contributed by atoms with Crippen molar-refractivity contribution in [1.82, 2.24) is 0 Å². The second kappa shape index (κ2) is 6.82. The monoisotopic (exact) mass is 362 g/mol. The van der Waals surface area contributed by atoms with Crippen molar-refractivity contribution in [3.8, 4) is 0 Å². The van der Waals surface area contributed by atoms with Gasteiger partial charge >= 0.3 is 0 Å². The molecule has 0 aliphatic carbocycles. The van der Waals surface area contributed by atoms with E-state index in [1.165, 1.54) is 0 Å². The highest BCUT2D eigenvalue weighted by Gasteiger charge is 2.37. The Bertz CT molecular complexity index is 899. The number of nitrogens with zero attached hydrogens (tertiary/aromatic N) is 1. The molecule has 2 amide bonds. The van der Waals surface area contributed by atoms with Crippen molar-refractivity contribution in [2.24, 2.45) is 5.92 Å². The maximum atomic E-state index is 13.9. The summed E-state index contributed by atoms with van der Waals surface area (Å²) in [6, 6.07) is 7.29. The van der Waals surface area contributed by atoms with Crippen LogP contribution in [0.3, 0.4) is 0 Å². The maximum absolute atomic E-state index is 13.9. The van der Waals surface area contributed by atoms with E-state index >= 15 is 0 Å². The van der Waals surface area contributed by atoms with Gasteiger partial charge in [0.05, 0.1) is 11.6 Å². The van der Waals surface area contributed by atoms with Crippen LogP contribution in [0, 0.1) is 37.2 Å². The number of halogens is 3. The number of hydrogen-bond donors (Lipinski definition) is 1. The summed E-state index contributed by atoms with van der Waals surface area (Å²) in [4.78, 5) is 25.6. The second-order valence-corrected chi connectivity index (χ2v) is 6.41. The summed E-state index contributed by atoms with van der Waals surface area (Å²) in [7, 11) is 0. The number of aryl methyl sites for hydroxylation is 2. The fourth-order valence-electron chi connectivity index (χ4n) is 3.03. The number of benzene rings is 2. The van der Waals surface area contributed by atoms with E-state index in [4.69, 9.17) is 0 Å². The van der Waals surface area contributed by atoms with Crippen molar-refractivity contribution in [2.45, 2.75) is 20.3 Å². The van der Waals surface area contributed by atoms with Crippen molar-refractivity contribution in [2.75, 3.05) is 16.8 Å². The van der Waals surface area contributed by atoms with Crippen molar-refractivity contribution < 1.29 is 22.8 Å². The molecular formula is C19H17F3N2O2. The molecule has 1 atom stereocenters. The second-order valence-electron chi connectivity index (χ2n) is 6.41. The molecule has 0 radical (unpaired) electrons. The summed E-state index contributed by atoms with van der Waals surface area (Å²) in [5.74, 6) is -6.02. The van der Waals surface area contributed by atoms with Crippen LogP contribution >= 0.6 is 0 Å². The van der Waals surface area contributed by atoms with Crippen LogP contribution in [-0.4, -0.2) is 18.4 Å². The van der Waals surface area contributed by atoms with Gasteiger partial charge in [0.15, 0.2) is 17.5 Å². The fraction of sp³-hybridized carbons (Fsp3) is 0.263. The van der Waals surface area contributed by atoms with Crippen molar-refractivity contribution >= 4 is 23.2 Å². The van der Waals surface area contributed by atoms with Crippen LogP contribution < -0.4 is 10.2 Å². The van der Waals surface area contributed by atoms with Gasteiger partial charge in [-0.3, -0.25) is 9.59 Å². The molecule has 1 fully saturated rings. The zero-order valence-electron chi connectivity index (χ0n) is 14.3. The first-order chi connectivity index (χ1) is 12.3. The van der Waals surface area contributed by atoms with Crippen LogP contribution in [0.25, 0.3) is 0 Å². The summed E-state index contributed by atoms with van der Waals surface area (Å²) in [5.41, 5.74) is 2.20. The van der Waals surface area contributed by atoms with E-state index in [2.05, 4.69) is 5.32 Å². The van der Waals surface area contributed by atoms with Gasteiger partial charge in [0.25, 0.3) is 0 Å². The zero-order valence-corrected chi connectivity index (χ0v) is 14.3. The number of rotatable bonds is 3. The molecule has 4 nitrogen and oxygen atoms in total. The molecule has 0 aromatic heterocycles. The minimum atomic E-state index is -1.64. The molecule has 1 saturated heterocycles. The molecule has 0 bridgehead atoms. The molecule has 1 aliphatic rings. The average Bonchev–Trinajstić information content (AvgIpc) is 2.97. The summed E-state index contributed by atoms with van der Waals surface area (Å²) >= 11 is 0. The van der Waals surface area contributed by atoms with E-state index in [1.54, 1.807) is 6.07 Å². The van der Waals surface area contributed by atoms with E-state index in [1.807, 2.05) is 26.0 Å². The number of carbonyl (C=O) groups excluding carboxylic acids is 2. The zero-order chi connectivity index (χ0) is 19.0. The van der Waals surface area contributed by atoms with Gasteiger partial charge in [0, 0.05) is 18.7 Å². The SMILES string of the molecule is Cc1ccc(NC(=O)C2CC(=O)N(c3ccc(F)c(F)c3F)C2)c(C)c1. The lowest BCUT2D eigenvalue weighted by atomic mass is 10.1. The third kappa shape index (κ3) is 3.29. The van der Waals surface area contributed by atoms with Crippen LogP contribution in [-0.2, 0) is 9.59 Å². The van der Waals surface area contributed by atoms with Gasteiger partial charge in [-0.05, 0) is 37.6 Å². The van der Waals surface area contributed by atoms with Crippen LogP contribution in [0.15, 0.2) is 30.3 Å². The summed E-state index contributed by atoms with van der Waals surface area (Å²) in [6.45, 7) is 3.69. The average molecular weight is 362 g/mol. The maximum Gasteiger partial charge on any atom is 0.229 e. The summed E-state index contributed by atoms with van der Waals surface area (Å²) in [5, 5.41) is 2.76. The van der Waals surface area contributed by atoms with E-state index in [0.29, 0.717) is 5.69 Å². The van der Waals surface area contributed by atoms with Gasteiger partial charge in [-0.1, -0.05) is 17.7 Å². The molecule has 2 aromatic rings. The molecular weight excluding hydrogens is 345 g/mol. The molecule has 0 saturated carbocycles. The molecule has 1 unspecified atom stereocenters. The lowest BCUT2D eigenvalue weighted by Gasteiger charge is -2.18. The predicted octanol–water partition coefficient (Wildman–Crippen LogP) is 3.71. The third-order valence-corrected chi connectivity index (χ3v) is 4.44. The molecule has 136 valence electrons. The van der Waals surface area contributed by atoms with Crippen LogP contribution in [0.5, 0.6) is 0 Å². The third-order valence-electron chi connectivity index (χ3n) is 4.44. The standard InChI is InChI=1S/C19H17F3N2O2/c1-10-3-5-14(11(2)7-10)23-19(26)12-8-16(25)24(9-12)15-6-4-13(20)17(21)18(15)22/h3-7,12H,8-9H2,1-2H3,(H,23,26). The van der Waals surface area contributed by atoms with Crippen LogP contribution in [0.1, 0.15) is 17.5 Å². The quantitative estimate of drug-likeness (QED) is 0.847. The Morgan fingerprint density at radius 2 is 1.85 bits per heavy atom. The topological polar surface area (TPSA) is 49.4 Å². The van der Waals surface area contributed by atoms with Gasteiger partial charge in [0.1, 0.15) is 0 Å². The summed E-state index contributed by atoms with van der Waals surface area (Å²) < 4.78 is 40.4. The molecule has 1 heterocycles. The highest BCUT2D eigenvalue weighted by Crippen LogP contribution is 2.30. The largest absolute Gasteiger partial charge is 0.326 e. The van der Waals surface area contributed by atoms with Gasteiger partial charge in [-0.25, -0.2) is 13.2 Å². The first-order valence-corrected chi connectivity index (χ1v) is 8.10. The van der Waals surface area contributed by atoms with Gasteiger partial charge < -0.3 is 10.2 Å². The van der Waals surface area contributed by atoms with E-state index < -0.39 is 29.3 Å².